The predicted octanol–water partition coefficient (Wildman–Crippen LogP) is 2.01. The van der Waals surface area contributed by atoms with Crippen molar-refractivity contribution < 1.29 is 29.0 Å². The number of carboxylic acids is 1. The average Bonchev–Trinajstić information content (AvgIpc) is 3.12. The van der Waals surface area contributed by atoms with E-state index in [1.807, 2.05) is 45.0 Å². The van der Waals surface area contributed by atoms with Gasteiger partial charge in [0.25, 0.3) is 0 Å². The maximum absolute atomic E-state index is 12.1. The van der Waals surface area contributed by atoms with Gasteiger partial charge in [-0.1, -0.05) is 11.8 Å². The Morgan fingerprint density at radius 1 is 1.20 bits per heavy atom. The third kappa shape index (κ3) is 8.87. The average molecular weight is 506 g/mol. The maximum Gasteiger partial charge on any atom is 0.410 e. The second-order valence-electron chi connectivity index (χ2n) is 9.07. The molecule has 1 aromatic rings. The lowest BCUT2D eigenvalue weighted by Gasteiger charge is -2.35. The predicted molar refractivity (Wildman–Crippen MR) is 133 cm³/mol. The smallest absolute Gasteiger partial charge is 0.410 e. The van der Waals surface area contributed by atoms with Crippen molar-refractivity contribution in [2.75, 3.05) is 39.3 Å². The van der Waals surface area contributed by atoms with Gasteiger partial charge in [0, 0.05) is 32.7 Å². The van der Waals surface area contributed by atoms with Gasteiger partial charge in [-0.25, -0.2) is 4.79 Å². The zero-order valence-electron chi connectivity index (χ0n) is 20.1. The van der Waals surface area contributed by atoms with E-state index in [1.54, 1.807) is 4.90 Å². The van der Waals surface area contributed by atoms with E-state index < -0.39 is 16.8 Å². The summed E-state index contributed by atoms with van der Waals surface area (Å²) in [5.74, 6) is -0.681. The van der Waals surface area contributed by atoms with Crippen LogP contribution in [0.4, 0.5) is 4.79 Å². The summed E-state index contributed by atoms with van der Waals surface area (Å²) in [6, 6.07) is 7.35. The van der Waals surface area contributed by atoms with Crippen LogP contribution in [0.5, 0.6) is 5.75 Å². The van der Waals surface area contributed by atoms with Gasteiger partial charge in [0.2, 0.25) is 5.91 Å². The molecule has 3 rings (SSSR count). The minimum atomic E-state index is -1.04. The van der Waals surface area contributed by atoms with Gasteiger partial charge in [-0.15, -0.1) is 5.10 Å². The summed E-state index contributed by atoms with van der Waals surface area (Å²) < 4.78 is 11.2. The second-order valence-corrected chi connectivity index (χ2v) is 10.3. The zero-order chi connectivity index (χ0) is 25.4. The third-order valence-electron chi connectivity index (χ3n) is 5.07. The molecule has 11 nitrogen and oxygen atoms in total. The van der Waals surface area contributed by atoms with E-state index in [1.165, 1.54) is 6.21 Å². The Bertz CT molecular complexity index is 968. The second kappa shape index (κ2) is 12.0. The summed E-state index contributed by atoms with van der Waals surface area (Å²) in [6.07, 6.45) is 1.01. The van der Waals surface area contributed by atoms with Crippen molar-refractivity contribution in [3.8, 4) is 5.75 Å². The Labute approximate surface area is 208 Å². The molecule has 35 heavy (non-hydrogen) atoms. The number of ether oxygens (including phenoxy) is 2. The molecular weight excluding hydrogens is 474 g/mol. The minimum absolute atomic E-state index is 0.261. The van der Waals surface area contributed by atoms with E-state index >= 15 is 0 Å². The Kier molecular flexibility index (Phi) is 9.10. The topological polar surface area (TPSA) is 133 Å². The summed E-state index contributed by atoms with van der Waals surface area (Å²) in [5, 5.41) is 18.8. The minimum Gasteiger partial charge on any atom is -0.492 e. The highest BCUT2D eigenvalue weighted by molar-refractivity contribution is 8.15. The van der Waals surface area contributed by atoms with Crippen molar-refractivity contribution >= 4 is 41.1 Å². The highest BCUT2D eigenvalue weighted by Gasteiger charge is 2.32. The van der Waals surface area contributed by atoms with Gasteiger partial charge in [-0.05, 0) is 50.6 Å². The molecule has 12 heteroatoms. The first kappa shape index (κ1) is 26.5. The van der Waals surface area contributed by atoms with Crippen LogP contribution in [-0.2, 0) is 14.3 Å². The van der Waals surface area contributed by atoms with Crippen LogP contribution in [0, 0.1) is 0 Å². The summed E-state index contributed by atoms with van der Waals surface area (Å²) in [7, 11) is 0. The number of carbonyl (C=O) groups excluding carboxylic acids is 2. The normalized spacial score (nSPS) is 20.3. The number of carbonyl (C=O) groups is 3. The lowest BCUT2D eigenvalue weighted by Crippen LogP contribution is -2.50. The lowest BCUT2D eigenvalue weighted by molar-refractivity contribution is -0.138. The number of nitrogens with one attached hydrogen (secondary N) is 1. The van der Waals surface area contributed by atoms with Crippen LogP contribution in [0.15, 0.2) is 34.5 Å². The molecule has 2 amide bonds. The standard InChI is InChI=1S/C23H31N5O6S/c1-23(2,3)34-22(32)28-10-8-27(9-11-28)12-13-33-17-6-4-16(5-7-17)15-24-26-21-25-20(31)18(35-21)14-19(29)30/h4-7,15,18H,8-14H2,1-3H3,(H,29,30)(H,25,26,31). The van der Waals surface area contributed by atoms with Gasteiger partial charge >= 0.3 is 12.1 Å². The van der Waals surface area contributed by atoms with E-state index in [9.17, 15) is 14.4 Å². The molecule has 2 aliphatic heterocycles. The van der Waals surface area contributed by atoms with Crippen molar-refractivity contribution in [1.29, 1.82) is 0 Å². The van der Waals surface area contributed by atoms with E-state index in [2.05, 4.69) is 20.4 Å². The van der Waals surface area contributed by atoms with Crippen LogP contribution in [0.1, 0.15) is 32.8 Å². The third-order valence-corrected chi connectivity index (χ3v) is 6.14. The fraction of sp³-hybridized carbons (Fsp3) is 0.522. The maximum atomic E-state index is 12.1. The number of amides is 2. The highest BCUT2D eigenvalue weighted by atomic mass is 32.2. The summed E-state index contributed by atoms with van der Waals surface area (Å²) in [4.78, 5) is 38.6. The van der Waals surface area contributed by atoms with Crippen LogP contribution in [-0.4, -0.2) is 94.4 Å². The molecule has 1 aromatic carbocycles. The first-order valence-corrected chi connectivity index (χ1v) is 12.2. The van der Waals surface area contributed by atoms with Gasteiger partial charge in [0.1, 0.15) is 23.2 Å². The molecule has 1 atom stereocenters. The molecule has 2 saturated heterocycles. The molecule has 0 spiro atoms. The van der Waals surface area contributed by atoms with E-state index in [-0.39, 0.29) is 23.6 Å². The number of amidine groups is 1. The number of aliphatic carboxylic acids is 1. The molecule has 0 radical (unpaired) electrons. The van der Waals surface area contributed by atoms with Gasteiger partial charge in [-0.2, -0.15) is 5.10 Å². The van der Waals surface area contributed by atoms with Crippen molar-refractivity contribution in [3.63, 3.8) is 0 Å². The number of rotatable bonds is 8. The largest absolute Gasteiger partial charge is 0.492 e. The van der Waals surface area contributed by atoms with Crippen LogP contribution < -0.4 is 10.1 Å². The fourth-order valence-corrected chi connectivity index (χ4v) is 4.23. The van der Waals surface area contributed by atoms with Crippen LogP contribution in [0.2, 0.25) is 0 Å². The molecule has 0 aliphatic carbocycles. The van der Waals surface area contributed by atoms with Gasteiger partial charge in [0.15, 0.2) is 5.17 Å². The molecule has 0 bridgehead atoms. The number of nitrogens with zero attached hydrogens (tertiary/aromatic N) is 4. The molecule has 2 heterocycles. The molecule has 190 valence electrons. The van der Waals surface area contributed by atoms with E-state index in [0.29, 0.717) is 19.7 Å². The summed E-state index contributed by atoms with van der Waals surface area (Å²) in [6.45, 7) is 9.70. The van der Waals surface area contributed by atoms with Gasteiger partial charge in [0.05, 0.1) is 12.6 Å². The quantitative estimate of drug-likeness (QED) is 0.405. The monoisotopic (exact) mass is 505 g/mol. The number of carboxylic acid groups (broad SMARTS) is 1. The fourth-order valence-electron chi connectivity index (χ4n) is 3.32. The number of thioether (sulfide) groups is 1. The SMILES string of the molecule is CC(C)(C)OC(=O)N1CCN(CCOc2ccc(C=NN=C3NC(=O)C(CC(=O)O)S3)cc2)CC1. The number of benzene rings is 1. The Hall–Kier alpha value is -3.12. The molecule has 2 N–H and O–H groups in total. The number of hydrogen-bond donors (Lipinski definition) is 2. The molecule has 0 aromatic heterocycles. The first-order valence-electron chi connectivity index (χ1n) is 11.3. The zero-order valence-corrected chi connectivity index (χ0v) is 20.9. The molecule has 2 fully saturated rings. The van der Waals surface area contributed by atoms with E-state index in [4.69, 9.17) is 14.6 Å². The Morgan fingerprint density at radius 3 is 2.51 bits per heavy atom. The lowest BCUT2D eigenvalue weighted by atomic mass is 10.2. The molecule has 1 unspecified atom stereocenters. The Balaban J connectivity index is 1.36. The summed E-state index contributed by atoms with van der Waals surface area (Å²) >= 11 is 1.05. The molecule has 0 saturated carbocycles. The van der Waals surface area contributed by atoms with Crippen molar-refractivity contribution in [1.82, 2.24) is 15.1 Å². The van der Waals surface area contributed by atoms with Gasteiger partial charge < -0.3 is 24.8 Å². The van der Waals surface area contributed by atoms with E-state index in [0.717, 1.165) is 42.7 Å². The Morgan fingerprint density at radius 2 is 1.89 bits per heavy atom. The van der Waals surface area contributed by atoms with Crippen molar-refractivity contribution in [2.45, 2.75) is 38.0 Å². The van der Waals surface area contributed by atoms with Crippen LogP contribution in [0.25, 0.3) is 0 Å². The first-order chi connectivity index (χ1) is 16.6. The number of hydrogen-bond acceptors (Lipinski definition) is 9. The summed E-state index contributed by atoms with van der Waals surface area (Å²) in [5.41, 5.74) is 0.313. The van der Waals surface area contributed by atoms with Gasteiger partial charge in [-0.3, -0.25) is 14.5 Å². The number of piperazine rings is 1. The van der Waals surface area contributed by atoms with Crippen LogP contribution in [0.3, 0.4) is 0 Å². The molecule has 2 aliphatic rings. The molecular formula is C23H31N5O6S. The van der Waals surface area contributed by atoms with Crippen molar-refractivity contribution in [2.24, 2.45) is 10.2 Å². The highest BCUT2D eigenvalue weighted by Crippen LogP contribution is 2.22. The van der Waals surface area contributed by atoms with Crippen molar-refractivity contribution in [3.05, 3.63) is 29.8 Å². The van der Waals surface area contributed by atoms with Crippen LogP contribution >= 0.6 is 11.8 Å².